The highest BCUT2D eigenvalue weighted by Gasteiger charge is 2.05. The highest BCUT2D eigenvalue weighted by molar-refractivity contribution is 6.30. The Morgan fingerprint density at radius 2 is 2.00 bits per heavy atom. The molecule has 3 aromatic rings. The predicted octanol–water partition coefficient (Wildman–Crippen LogP) is 4.35. The summed E-state index contributed by atoms with van der Waals surface area (Å²) in [5.74, 6) is -0.411. The van der Waals surface area contributed by atoms with Gasteiger partial charge in [-0.2, -0.15) is 5.26 Å². The van der Waals surface area contributed by atoms with E-state index in [-0.39, 0.29) is 5.02 Å². The van der Waals surface area contributed by atoms with Gasteiger partial charge in [-0.25, -0.2) is 4.39 Å². The van der Waals surface area contributed by atoms with Gasteiger partial charge < -0.3 is 4.57 Å². The standard InChI is InChI=1S/C16H10ClFN2/c17-14-8-12(1-3-15(14)18)10-20-6-5-13-7-11(9-19)2-4-16(13)20/h1-8H,10H2. The molecule has 1 heterocycles. The Morgan fingerprint density at radius 1 is 1.15 bits per heavy atom. The third-order valence-corrected chi connectivity index (χ3v) is 3.53. The molecule has 2 aromatic carbocycles. The maximum absolute atomic E-state index is 13.1. The quantitative estimate of drug-likeness (QED) is 0.687. The summed E-state index contributed by atoms with van der Waals surface area (Å²) in [6.07, 6.45) is 1.95. The van der Waals surface area contributed by atoms with E-state index in [2.05, 4.69) is 6.07 Å². The van der Waals surface area contributed by atoms with Crippen molar-refractivity contribution in [1.82, 2.24) is 4.57 Å². The zero-order valence-electron chi connectivity index (χ0n) is 10.5. The summed E-state index contributed by atoms with van der Waals surface area (Å²) in [5, 5.41) is 10.0. The Morgan fingerprint density at radius 3 is 2.75 bits per heavy atom. The van der Waals surface area contributed by atoms with Gasteiger partial charge in [-0.3, -0.25) is 0 Å². The molecule has 98 valence electrons. The first-order valence-electron chi connectivity index (χ1n) is 6.10. The maximum atomic E-state index is 13.1. The molecule has 0 unspecified atom stereocenters. The first-order valence-corrected chi connectivity index (χ1v) is 6.48. The maximum Gasteiger partial charge on any atom is 0.141 e. The van der Waals surface area contributed by atoms with E-state index in [9.17, 15) is 4.39 Å². The van der Waals surface area contributed by atoms with Crippen LogP contribution in [0.15, 0.2) is 48.7 Å². The van der Waals surface area contributed by atoms with Crippen molar-refractivity contribution in [2.75, 3.05) is 0 Å². The number of nitriles is 1. The molecule has 20 heavy (non-hydrogen) atoms. The van der Waals surface area contributed by atoms with Crippen LogP contribution in [0.2, 0.25) is 5.02 Å². The molecule has 0 bridgehead atoms. The molecule has 4 heteroatoms. The van der Waals surface area contributed by atoms with Gasteiger partial charge >= 0.3 is 0 Å². The molecule has 0 amide bonds. The van der Waals surface area contributed by atoms with Gasteiger partial charge in [-0.15, -0.1) is 0 Å². The van der Waals surface area contributed by atoms with Gasteiger partial charge in [-0.05, 0) is 42.0 Å². The normalized spacial score (nSPS) is 10.7. The first kappa shape index (κ1) is 12.7. The van der Waals surface area contributed by atoms with E-state index < -0.39 is 5.82 Å². The summed E-state index contributed by atoms with van der Waals surface area (Å²) < 4.78 is 15.2. The monoisotopic (exact) mass is 284 g/mol. The van der Waals surface area contributed by atoms with E-state index in [0.29, 0.717) is 12.1 Å². The number of nitrogens with zero attached hydrogens (tertiary/aromatic N) is 2. The highest BCUT2D eigenvalue weighted by Crippen LogP contribution is 2.21. The Kier molecular flexibility index (Phi) is 3.17. The number of rotatable bonds is 2. The number of aromatic nitrogens is 1. The molecule has 3 rings (SSSR count). The van der Waals surface area contributed by atoms with Crippen LogP contribution in [-0.4, -0.2) is 4.57 Å². The summed E-state index contributed by atoms with van der Waals surface area (Å²) >= 11 is 5.79. The van der Waals surface area contributed by atoms with Crippen molar-refractivity contribution in [3.8, 4) is 6.07 Å². The van der Waals surface area contributed by atoms with Gasteiger partial charge in [0.25, 0.3) is 0 Å². The number of fused-ring (bicyclic) bond motifs is 1. The summed E-state index contributed by atoms with van der Waals surface area (Å²) in [7, 11) is 0. The lowest BCUT2D eigenvalue weighted by Crippen LogP contribution is -1.98. The Balaban J connectivity index is 1.98. The van der Waals surface area contributed by atoms with Crippen LogP contribution in [0.1, 0.15) is 11.1 Å². The Bertz CT molecular complexity index is 830. The van der Waals surface area contributed by atoms with Crippen molar-refractivity contribution >= 4 is 22.5 Å². The summed E-state index contributed by atoms with van der Waals surface area (Å²) in [6.45, 7) is 0.607. The summed E-state index contributed by atoms with van der Waals surface area (Å²) in [6, 6.07) is 14.4. The second kappa shape index (κ2) is 4.99. The molecule has 0 aliphatic carbocycles. The van der Waals surface area contributed by atoms with Crippen LogP contribution in [0, 0.1) is 17.1 Å². The molecule has 0 radical (unpaired) electrons. The molecule has 0 aliphatic heterocycles. The minimum absolute atomic E-state index is 0.130. The molecule has 0 aliphatic rings. The smallest absolute Gasteiger partial charge is 0.141 e. The van der Waals surface area contributed by atoms with Crippen molar-refractivity contribution in [2.24, 2.45) is 0 Å². The summed E-state index contributed by atoms with van der Waals surface area (Å²) in [5.41, 5.74) is 2.60. The predicted molar refractivity (Wildman–Crippen MR) is 77.2 cm³/mol. The lowest BCUT2D eigenvalue weighted by atomic mass is 10.2. The molecule has 0 atom stereocenters. The molecule has 0 fully saturated rings. The summed E-state index contributed by atoms with van der Waals surface area (Å²) in [4.78, 5) is 0. The van der Waals surface area contributed by atoms with Gasteiger partial charge in [0, 0.05) is 23.6 Å². The van der Waals surface area contributed by atoms with Crippen LogP contribution in [0.25, 0.3) is 10.9 Å². The van der Waals surface area contributed by atoms with E-state index in [4.69, 9.17) is 16.9 Å². The van der Waals surface area contributed by atoms with Crippen molar-refractivity contribution in [3.63, 3.8) is 0 Å². The van der Waals surface area contributed by atoms with Gasteiger partial charge in [0.15, 0.2) is 0 Å². The van der Waals surface area contributed by atoms with E-state index in [1.165, 1.54) is 6.07 Å². The van der Waals surface area contributed by atoms with Gasteiger partial charge in [0.05, 0.1) is 16.7 Å². The fourth-order valence-electron chi connectivity index (χ4n) is 2.24. The van der Waals surface area contributed by atoms with Gasteiger partial charge in [0.2, 0.25) is 0 Å². The Labute approximate surface area is 120 Å². The highest BCUT2D eigenvalue weighted by atomic mass is 35.5. The van der Waals surface area contributed by atoms with E-state index >= 15 is 0 Å². The van der Waals surface area contributed by atoms with Crippen LogP contribution in [0.4, 0.5) is 4.39 Å². The lowest BCUT2D eigenvalue weighted by Gasteiger charge is -2.06. The first-order chi connectivity index (χ1) is 9.67. The molecule has 0 saturated carbocycles. The number of hydrogen-bond donors (Lipinski definition) is 0. The topological polar surface area (TPSA) is 28.7 Å². The number of halogens is 2. The molecule has 0 spiro atoms. The van der Waals surface area contributed by atoms with E-state index in [1.54, 1.807) is 18.2 Å². The second-order valence-corrected chi connectivity index (χ2v) is 4.98. The van der Waals surface area contributed by atoms with Gasteiger partial charge in [0.1, 0.15) is 5.82 Å². The third kappa shape index (κ3) is 2.26. The van der Waals surface area contributed by atoms with Crippen LogP contribution in [0.5, 0.6) is 0 Å². The van der Waals surface area contributed by atoms with E-state index in [0.717, 1.165) is 16.5 Å². The van der Waals surface area contributed by atoms with Crippen LogP contribution in [-0.2, 0) is 6.54 Å². The zero-order chi connectivity index (χ0) is 14.1. The van der Waals surface area contributed by atoms with Gasteiger partial charge in [-0.1, -0.05) is 17.7 Å². The fourth-order valence-corrected chi connectivity index (χ4v) is 2.45. The van der Waals surface area contributed by atoms with Crippen molar-refractivity contribution in [2.45, 2.75) is 6.54 Å². The van der Waals surface area contributed by atoms with Crippen LogP contribution in [0.3, 0.4) is 0 Å². The average molecular weight is 285 g/mol. The fraction of sp³-hybridized carbons (Fsp3) is 0.0625. The third-order valence-electron chi connectivity index (χ3n) is 3.24. The molecule has 0 N–H and O–H groups in total. The van der Waals surface area contributed by atoms with Crippen LogP contribution >= 0.6 is 11.6 Å². The number of hydrogen-bond acceptors (Lipinski definition) is 1. The minimum Gasteiger partial charge on any atom is -0.343 e. The largest absolute Gasteiger partial charge is 0.343 e. The molecule has 2 nitrogen and oxygen atoms in total. The van der Waals surface area contributed by atoms with Crippen molar-refractivity contribution in [3.05, 3.63) is 70.6 Å². The second-order valence-electron chi connectivity index (χ2n) is 4.58. The van der Waals surface area contributed by atoms with Crippen molar-refractivity contribution in [1.29, 1.82) is 5.26 Å². The van der Waals surface area contributed by atoms with Crippen LogP contribution < -0.4 is 0 Å². The average Bonchev–Trinajstić information content (AvgIpc) is 2.85. The Hall–Kier alpha value is -2.31. The zero-order valence-corrected chi connectivity index (χ0v) is 11.2. The number of benzene rings is 2. The SMILES string of the molecule is N#Cc1ccc2c(ccn2Cc2ccc(F)c(Cl)c2)c1. The molecular weight excluding hydrogens is 275 g/mol. The van der Waals surface area contributed by atoms with E-state index in [1.807, 2.05) is 29.0 Å². The minimum atomic E-state index is -0.411. The molecular formula is C16H10ClFN2. The lowest BCUT2D eigenvalue weighted by molar-refractivity contribution is 0.627. The molecule has 0 saturated heterocycles. The van der Waals surface area contributed by atoms with Crippen molar-refractivity contribution < 1.29 is 4.39 Å². The molecule has 1 aromatic heterocycles.